The molecule has 0 aliphatic carbocycles. The van der Waals surface area contributed by atoms with Gasteiger partial charge < -0.3 is 10.2 Å². The molecule has 2 rings (SSSR count). The Morgan fingerprint density at radius 1 is 1.60 bits per heavy atom. The van der Waals surface area contributed by atoms with E-state index in [0.29, 0.717) is 5.92 Å². The Hall–Kier alpha value is -0.100. The summed E-state index contributed by atoms with van der Waals surface area (Å²) < 4.78 is 1.09. The number of nitrogens with zero attached hydrogens (tertiary/aromatic N) is 1. The maximum atomic E-state index is 12.6. The van der Waals surface area contributed by atoms with Gasteiger partial charge >= 0.3 is 0 Å². The third-order valence-corrected chi connectivity index (χ3v) is 5.52. The van der Waals surface area contributed by atoms with E-state index in [1.54, 1.807) is 11.3 Å². The van der Waals surface area contributed by atoms with Crippen LogP contribution in [0.3, 0.4) is 0 Å². The highest BCUT2D eigenvalue weighted by Gasteiger charge is 2.27. The lowest BCUT2D eigenvalue weighted by Gasteiger charge is -2.34. The molecule has 1 saturated heterocycles. The van der Waals surface area contributed by atoms with Crippen molar-refractivity contribution in [1.29, 1.82) is 0 Å². The Morgan fingerprint density at radius 3 is 2.95 bits per heavy atom. The van der Waals surface area contributed by atoms with Gasteiger partial charge in [-0.2, -0.15) is 0 Å². The number of nitrogens with one attached hydrogen (secondary N) is 1. The lowest BCUT2D eigenvalue weighted by atomic mass is 9.96. The van der Waals surface area contributed by atoms with Crippen LogP contribution in [-0.2, 0) is 4.79 Å². The van der Waals surface area contributed by atoms with Crippen LogP contribution in [0.2, 0.25) is 0 Å². The predicted molar refractivity (Wildman–Crippen MR) is 90.9 cm³/mol. The van der Waals surface area contributed by atoms with Crippen LogP contribution in [0.1, 0.15) is 30.6 Å². The smallest absolute Gasteiger partial charge is 0.230 e. The van der Waals surface area contributed by atoms with Gasteiger partial charge in [-0.25, -0.2) is 0 Å². The number of piperidine rings is 1. The molecule has 0 saturated carbocycles. The Balaban J connectivity index is 0.00000200. The lowest BCUT2D eigenvalue weighted by Crippen LogP contribution is -2.43. The zero-order valence-electron chi connectivity index (χ0n) is 11.9. The largest absolute Gasteiger partial charge is 0.342 e. The molecule has 0 radical (unpaired) electrons. The zero-order chi connectivity index (χ0) is 13.8. The van der Waals surface area contributed by atoms with Gasteiger partial charge in [0.15, 0.2) is 0 Å². The molecule has 1 amide bonds. The molecule has 2 atom stereocenters. The van der Waals surface area contributed by atoms with Crippen LogP contribution in [0.15, 0.2) is 15.9 Å². The lowest BCUT2D eigenvalue weighted by molar-refractivity contribution is -0.134. The second-order valence-corrected chi connectivity index (χ2v) is 7.71. The summed E-state index contributed by atoms with van der Waals surface area (Å²) in [5, 5.41) is 3.22. The van der Waals surface area contributed by atoms with E-state index in [2.05, 4.69) is 21.2 Å². The summed E-state index contributed by atoms with van der Waals surface area (Å²) in [5.41, 5.74) is 0. The summed E-state index contributed by atoms with van der Waals surface area (Å²) in [6.07, 6.45) is 2.35. The molecule has 1 aliphatic rings. The summed E-state index contributed by atoms with van der Waals surface area (Å²) in [5.74, 6) is 0.852. The van der Waals surface area contributed by atoms with E-state index in [4.69, 9.17) is 0 Å². The molecule has 2 heterocycles. The number of hydrogen-bond acceptors (Lipinski definition) is 3. The van der Waals surface area contributed by atoms with Crippen LogP contribution >= 0.6 is 39.7 Å². The molecule has 6 heteroatoms. The van der Waals surface area contributed by atoms with Crippen molar-refractivity contribution in [1.82, 2.24) is 10.2 Å². The second-order valence-electron chi connectivity index (χ2n) is 5.21. The Labute approximate surface area is 139 Å². The number of carbonyl (C=O) groups is 1. The predicted octanol–water partition coefficient (Wildman–Crippen LogP) is 3.49. The standard InChI is InChI=1S/C14H21BrN2OS.ClH/c1-10(12-5-6-13(15)19-12)14(18)17-7-3-4-11(9-17)8-16-2;/h5-6,10-11,16H,3-4,7-9H2,1-2H3;1H. The molecule has 1 aliphatic heterocycles. The van der Waals surface area contributed by atoms with E-state index in [-0.39, 0.29) is 24.2 Å². The van der Waals surface area contributed by atoms with Crippen LogP contribution in [0.25, 0.3) is 0 Å². The van der Waals surface area contributed by atoms with Gasteiger partial charge in [-0.3, -0.25) is 4.79 Å². The normalized spacial score (nSPS) is 20.4. The van der Waals surface area contributed by atoms with Crippen molar-refractivity contribution in [3.63, 3.8) is 0 Å². The van der Waals surface area contributed by atoms with Crippen LogP contribution < -0.4 is 5.32 Å². The van der Waals surface area contributed by atoms with E-state index in [1.807, 2.05) is 31.0 Å². The van der Waals surface area contributed by atoms with Crippen molar-refractivity contribution in [2.24, 2.45) is 5.92 Å². The molecular formula is C14H22BrClN2OS. The first-order valence-corrected chi connectivity index (χ1v) is 8.41. The van der Waals surface area contributed by atoms with Gasteiger partial charge in [0.05, 0.1) is 9.70 Å². The fraction of sp³-hybridized carbons (Fsp3) is 0.643. The third kappa shape index (κ3) is 4.45. The number of likely N-dealkylation sites (tertiary alicyclic amines) is 1. The monoisotopic (exact) mass is 380 g/mol. The first-order chi connectivity index (χ1) is 9.11. The molecule has 114 valence electrons. The van der Waals surface area contributed by atoms with Crippen molar-refractivity contribution in [3.8, 4) is 0 Å². The minimum atomic E-state index is -0.0235. The molecule has 0 aromatic carbocycles. The van der Waals surface area contributed by atoms with Crippen molar-refractivity contribution < 1.29 is 4.79 Å². The molecule has 0 spiro atoms. The number of hydrogen-bond donors (Lipinski definition) is 1. The molecule has 1 fully saturated rings. The van der Waals surface area contributed by atoms with Gasteiger partial charge in [0.25, 0.3) is 0 Å². The molecule has 1 aromatic heterocycles. The maximum absolute atomic E-state index is 12.6. The molecular weight excluding hydrogens is 360 g/mol. The minimum Gasteiger partial charge on any atom is -0.342 e. The number of carbonyl (C=O) groups excluding carboxylic acids is 1. The summed E-state index contributed by atoms with van der Waals surface area (Å²) in [6.45, 7) is 4.83. The second kappa shape index (κ2) is 8.37. The summed E-state index contributed by atoms with van der Waals surface area (Å²) in [4.78, 5) is 15.7. The Morgan fingerprint density at radius 2 is 2.35 bits per heavy atom. The van der Waals surface area contributed by atoms with E-state index < -0.39 is 0 Å². The van der Waals surface area contributed by atoms with E-state index in [1.165, 1.54) is 6.42 Å². The first kappa shape index (κ1) is 18.0. The van der Waals surface area contributed by atoms with Gasteiger partial charge in [-0.05, 0) is 67.3 Å². The van der Waals surface area contributed by atoms with Crippen LogP contribution in [0.4, 0.5) is 0 Å². The highest BCUT2D eigenvalue weighted by molar-refractivity contribution is 9.11. The topological polar surface area (TPSA) is 32.3 Å². The van der Waals surface area contributed by atoms with E-state index >= 15 is 0 Å². The number of rotatable bonds is 4. The summed E-state index contributed by atoms with van der Waals surface area (Å²) >= 11 is 5.12. The van der Waals surface area contributed by atoms with Gasteiger partial charge in [0, 0.05) is 18.0 Å². The average Bonchev–Trinajstić information content (AvgIpc) is 2.84. The molecule has 0 bridgehead atoms. The SMILES string of the molecule is CNCC1CCCN(C(=O)C(C)c2ccc(Br)s2)C1.Cl. The van der Waals surface area contributed by atoms with Crippen molar-refractivity contribution in [3.05, 3.63) is 20.8 Å². The highest BCUT2D eigenvalue weighted by atomic mass is 79.9. The average molecular weight is 382 g/mol. The summed E-state index contributed by atoms with van der Waals surface area (Å²) in [7, 11) is 1.98. The fourth-order valence-corrected chi connectivity index (χ4v) is 4.14. The minimum absolute atomic E-state index is 0. The first-order valence-electron chi connectivity index (χ1n) is 6.80. The van der Waals surface area contributed by atoms with Crippen LogP contribution in [-0.4, -0.2) is 37.5 Å². The van der Waals surface area contributed by atoms with E-state index in [9.17, 15) is 4.79 Å². The van der Waals surface area contributed by atoms with Gasteiger partial charge in [0.1, 0.15) is 0 Å². The van der Waals surface area contributed by atoms with Gasteiger partial charge in [-0.15, -0.1) is 23.7 Å². The third-order valence-electron chi connectivity index (χ3n) is 3.71. The van der Waals surface area contributed by atoms with Crippen molar-refractivity contribution in [2.45, 2.75) is 25.7 Å². The quantitative estimate of drug-likeness (QED) is 0.866. The molecule has 3 nitrogen and oxygen atoms in total. The zero-order valence-corrected chi connectivity index (χ0v) is 15.1. The highest BCUT2D eigenvalue weighted by Crippen LogP contribution is 2.30. The summed E-state index contributed by atoms with van der Waals surface area (Å²) in [6, 6.07) is 4.07. The fourth-order valence-electron chi connectivity index (χ4n) is 2.68. The Bertz CT molecular complexity index is 439. The van der Waals surface area contributed by atoms with Gasteiger partial charge in [0.2, 0.25) is 5.91 Å². The number of amides is 1. The van der Waals surface area contributed by atoms with Crippen molar-refractivity contribution in [2.75, 3.05) is 26.7 Å². The molecule has 1 aromatic rings. The van der Waals surface area contributed by atoms with E-state index in [0.717, 1.165) is 34.7 Å². The van der Waals surface area contributed by atoms with Crippen LogP contribution in [0, 0.1) is 5.92 Å². The molecule has 2 unspecified atom stereocenters. The van der Waals surface area contributed by atoms with Gasteiger partial charge in [-0.1, -0.05) is 0 Å². The molecule has 20 heavy (non-hydrogen) atoms. The Kier molecular flexibility index (Phi) is 7.51. The number of halogens is 2. The van der Waals surface area contributed by atoms with Crippen molar-refractivity contribution >= 4 is 45.6 Å². The molecule has 1 N–H and O–H groups in total. The maximum Gasteiger partial charge on any atom is 0.230 e. The number of thiophene rings is 1. The van der Waals surface area contributed by atoms with Crippen LogP contribution in [0.5, 0.6) is 0 Å².